The van der Waals surface area contributed by atoms with Gasteiger partial charge in [-0.2, -0.15) is 0 Å². The molecule has 0 saturated carbocycles. The molecule has 10 nitrogen and oxygen atoms in total. The van der Waals surface area contributed by atoms with E-state index < -0.39 is 40.4 Å². The molecule has 0 heterocycles. The van der Waals surface area contributed by atoms with Crippen LogP contribution in [0.1, 0.15) is 25.7 Å². The van der Waals surface area contributed by atoms with Gasteiger partial charge in [0, 0.05) is 0 Å². The SMILES string of the molecule is O=C(O)CCC(=O)O.O=C(O)CCC(=O)O.[Cl][Pt+2][Cl].[NH2-].[NH2-]. The van der Waals surface area contributed by atoms with Gasteiger partial charge in [0.2, 0.25) is 0 Å². The molecule has 21 heavy (non-hydrogen) atoms. The maximum Gasteiger partial charge on any atom is -0.693 e. The molecule has 0 aromatic rings. The molecule has 0 rings (SSSR count). The molecule has 0 bridgehead atoms. The van der Waals surface area contributed by atoms with Crippen LogP contribution in [0, 0.1) is 0 Å². The molecule has 0 aromatic heterocycles. The summed E-state index contributed by atoms with van der Waals surface area (Å²) in [5.74, 6) is -4.31. The van der Waals surface area contributed by atoms with E-state index in [1.807, 2.05) is 0 Å². The Labute approximate surface area is 137 Å². The number of hydrogen-bond acceptors (Lipinski definition) is 4. The van der Waals surface area contributed by atoms with Crippen molar-refractivity contribution in [1.29, 1.82) is 0 Å². The van der Waals surface area contributed by atoms with Crippen LogP contribution in [0.5, 0.6) is 0 Å². The summed E-state index contributed by atoms with van der Waals surface area (Å²) in [6, 6.07) is 0. The largest absolute Gasteiger partial charge is 0.693 e. The number of nitrogens with two attached hydrogens (primary N) is 2. The summed E-state index contributed by atoms with van der Waals surface area (Å²) in [6.45, 7) is 0. The molecule has 0 aliphatic heterocycles. The number of rotatable bonds is 6. The van der Waals surface area contributed by atoms with E-state index in [2.05, 4.69) is 0 Å². The van der Waals surface area contributed by atoms with Crippen molar-refractivity contribution in [2.75, 3.05) is 0 Å². The van der Waals surface area contributed by atoms with Gasteiger partial charge in [-0.1, -0.05) is 0 Å². The van der Waals surface area contributed by atoms with Crippen LogP contribution in [0.15, 0.2) is 0 Å². The Morgan fingerprint density at radius 2 is 0.714 bits per heavy atom. The fourth-order valence-corrected chi connectivity index (χ4v) is 0.428. The van der Waals surface area contributed by atoms with Gasteiger partial charge in [-0.25, -0.2) is 0 Å². The molecular weight excluding hydrogens is 518 g/mol. The van der Waals surface area contributed by atoms with Gasteiger partial charge in [-0.05, 0) is 0 Å². The summed E-state index contributed by atoms with van der Waals surface area (Å²) in [5.41, 5.74) is 0. The van der Waals surface area contributed by atoms with Crippen LogP contribution in [0.4, 0.5) is 0 Å². The van der Waals surface area contributed by atoms with Gasteiger partial charge in [-0.15, -0.1) is 0 Å². The third-order valence-corrected chi connectivity index (χ3v) is 1.11. The Bertz CT molecular complexity index is 250. The molecule has 13 heteroatoms. The Kier molecular flexibility index (Phi) is 36.9. The third-order valence-electron chi connectivity index (χ3n) is 1.11. The van der Waals surface area contributed by atoms with Gasteiger partial charge < -0.3 is 32.7 Å². The maximum atomic E-state index is 9.64. The fraction of sp³-hybridized carbons (Fsp3) is 0.500. The number of carboxylic acids is 4. The molecule has 0 radical (unpaired) electrons. The molecule has 0 unspecified atom stereocenters. The first kappa shape index (κ1) is 32.1. The van der Waals surface area contributed by atoms with Crippen LogP contribution in [0.3, 0.4) is 0 Å². The van der Waals surface area contributed by atoms with Crippen molar-refractivity contribution in [3.63, 3.8) is 0 Å². The van der Waals surface area contributed by atoms with Crippen molar-refractivity contribution < 1.29 is 56.1 Å². The Balaban J connectivity index is -0.0000000634. The molecule has 130 valence electrons. The van der Waals surface area contributed by atoms with Crippen LogP contribution in [0.25, 0.3) is 12.3 Å². The first-order valence-corrected chi connectivity index (χ1v) is 10.00. The Morgan fingerprint density at radius 1 is 0.619 bits per heavy atom. The average Bonchev–Trinajstić information content (AvgIpc) is 2.25. The quantitative estimate of drug-likeness (QED) is 0.396. The topological polar surface area (TPSA) is 216 Å². The minimum atomic E-state index is -1.08. The molecule has 0 fully saturated rings. The molecule has 0 aliphatic rings. The normalized spacial score (nSPS) is 7.52. The van der Waals surface area contributed by atoms with E-state index in [1.165, 1.54) is 0 Å². The van der Waals surface area contributed by atoms with Gasteiger partial charge in [-0.3, -0.25) is 19.2 Å². The molecular formula is C8H16Cl2N2O8Pt. The summed E-state index contributed by atoms with van der Waals surface area (Å²) in [6.07, 6.45) is -1.19. The molecule has 0 amide bonds. The summed E-state index contributed by atoms with van der Waals surface area (Å²) in [5, 5.41) is 31.6. The van der Waals surface area contributed by atoms with Gasteiger partial charge in [0.1, 0.15) is 0 Å². The Morgan fingerprint density at radius 3 is 0.762 bits per heavy atom. The fourth-order valence-electron chi connectivity index (χ4n) is 0.428. The van der Waals surface area contributed by atoms with Gasteiger partial charge >= 0.3 is 59.2 Å². The minimum Gasteiger partial charge on any atom is -0.693 e. The second kappa shape index (κ2) is 24.1. The summed E-state index contributed by atoms with van der Waals surface area (Å²) < 4.78 is 0. The van der Waals surface area contributed by atoms with E-state index >= 15 is 0 Å². The van der Waals surface area contributed by atoms with Crippen LogP contribution >= 0.6 is 18.8 Å². The maximum absolute atomic E-state index is 9.64. The van der Waals surface area contributed by atoms with E-state index in [0.29, 0.717) is 0 Å². The van der Waals surface area contributed by atoms with E-state index in [9.17, 15) is 19.2 Å². The zero-order valence-electron chi connectivity index (χ0n) is 10.5. The predicted octanol–water partition coefficient (Wildman–Crippen LogP) is 2.68. The van der Waals surface area contributed by atoms with Crippen LogP contribution < -0.4 is 0 Å². The van der Waals surface area contributed by atoms with Gasteiger partial charge in [0.15, 0.2) is 0 Å². The van der Waals surface area contributed by atoms with Crippen LogP contribution in [0.2, 0.25) is 0 Å². The molecule has 0 aliphatic carbocycles. The van der Waals surface area contributed by atoms with E-state index in [-0.39, 0.29) is 38.0 Å². The van der Waals surface area contributed by atoms with Crippen molar-refractivity contribution in [1.82, 2.24) is 0 Å². The van der Waals surface area contributed by atoms with Crippen molar-refractivity contribution in [3.8, 4) is 0 Å². The smallest absolute Gasteiger partial charge is 0.693 e. The van der Waals surface area contributed by atoms with Gasteiger partial charge in [0.25, 0.3) is 0 Å². The van der Waals surface area contributed by atoms with Crippen LogP contribution in [-0.2, 0) is 35.7 Å². The van der Waals surface area contributed by atoms with Crippen molar-refractivity contribution in [2.45, 2.75) is 25.7 Å². The summed E-state index contributed by atoms with van der Waals surface area (Å²) >= 11 is -0.472. The number of aliphatic carboxylic acids is 4. The first-order chi connectivity index (χ1) is 8.67. The molecule has 0 aromatic carbocycles. The van der Waals surface area contributed by atoms with Crippen LogP contribution in [-0.4, -0.2) is 44.3 Å². The van der Waals surface area contributed by atoms with E-state index in [1.54, 1.807) is 0 Å². The predicted molar refractivity (Wildman–Crippen MR) is 71.3 cm³/mol. The number of halogens is 2. The monoisotopic (exact) mass is 533 g/mol. The molecule has 8 N–H and O–H groups in total. The summed E-state index contributed by atoms with van der Waals surface area (Å²) in [7, 11) is 9.75. The number of hydrogen-bond donors (Lipinski definition) is 4. The Hall–Kier alpha value is -0.932. The van der Waals surface area contributed by atoms with E-state index in [4.69, 9.17) is 39.3 Å². The van der Waals surface area contributed by atoms with Crippen molar-refractivity contribution >= 4 is 42.7 Å². The van der Waals surface area contributed by atoms with E-state index in [0.717, 1.165) is 0 Å². The number of carbonyl (C=O) groups is 4. The first-order valence-electron chi connectivity index (χ1n) is 4.36. The van der Waals surface area contributed by atoms with Gasteiger partial charge in [0.05, 0.1) is 25.7 Å². The van der Waals surface area contributed by atoms with Crippen molar-refractivity contribution in [2.24, 2.45) is 0 Å². The molecule has 0 spiro atoms. The third kappa shape index (κ3) is 67.6. The standard InChI is InChI=1S/2C4H6O4.2ClH.2H2N.Pt/c2*5-3(6)1-2-4(7)8;;;;;/h2*1-2H2,(H,5,6)(H,7,8);2*1H;2*1H2;/q;;;;2*-1;+4/p-2. The molecule has 0 saturated heterocycles. The second-order valence-corrected chi connectivity index (χ2v) is 5.90. The zero-order valence-corrected chi connectivity index (χ0v) is 14.3. The molecule has 0 atom stereocenters. The second-order valence-electron chi connectivity index (χ2n) is 2.62. The minimum absolute atomic E-state index is 0. The zero-order chi connectivity index (χ0) is 15.8. The number of carboxylic acid groups (broad SMARTS) is 4. The summed E-state index contributed by atoms with van der Waals surface area (Å²) in [4.78, 5) is 38.6. The average molecular weight is 534 g/mol. The van der Waals surface area contributed by atoms with Crippen molar-refractivity contribution in [3.05, 3.63) is 12.3 Å².